The summed E-state index contributed by atoms with van der Waals surface area (Å²) in [6, 6.07) is 8.02. The number of rotatable bonds is 1. The van der Waals surface area contributed by atoms with Gasteiger partial charge in [-0.05, 0) is 36.4 Å². The molecule has 0 radical (unpaired) electrons. The van der Waals surface area contributed by atoms with Crippen molar-refractivity contribution in [1.82, 2.24) is 4.98 Å². The van der Waals surface area contributed by atoms with E-state index in [4.69, 9.17) is 10.2 Å². The summed E-state index contributed by atoms with van der Waals surface area (Å²) in [6.45, 7) is 0. The van der Waals surface area contributed by atoms with E-state index in [2.05, 4.69) is 4.98 Å². The Kier molecular flexibility index (Phi) is 2.26. The van der Waals surface area contributed by atoms with E-state index in [1.165, 1.54) is 0 Å². The Hall–Kier alpha value is -2.43. The van der Waals surface area contributed by atoms with E-state index < -0.39 is 11.6 Å². The van der Waals surface area contributed by atoms with Crippen molar-refractivity contribution in [3.05, 3.63) is 48.0 Å². The maximum absolute atomic E-state index is 13.6. The van der Waals surface area contributed by atoms with Gasteiger partial charge in [-0.25, -0.2) is 13.8 Å². The molecule has 0 saturated heterocycles. The van der Waals surface area contributed by atoms with Gasteiger partial charge in [0.25, 0.3) is 0 Å². The number of hydrogen-bond acceptors (Lipinski definition) is 3. The average Bonchev–Trinajstić information content (AvgIpc) is 2.74. The van der Waals surface area contributed by atoms with Gasteiger partial charge in [-0.2, -0.15) is 0 Å². The Labute approximate surface area is 101 Å². The van der Waals surface area contributed by atoms with Crippen molar-refractivity contribution in [2.75, 3.05) is 5.73 Å². The summed E-state index contributed by atoms with van der Waals surface area (Å²) in [4.78, 5) is 4.09. The van der Waals surface area contributed by atoms with Crippen LogP contribution in [0.2, 0.25) is 0 Å². The van der Waals surface area contributed by atoms with Crippen LogP contribution in [0.25, 0.3) is 22.6 Å². The zero-order valence-corrected chi connectivity index (χ0v) is 9.15. The van der Waals surface area contributed by atoms with Crippen LogP contribution in [0.15, 0.2) is 40.8 Å². The SMILES string of the molecule is Nc1ccc2oc(-c3cc(F)ccc3F)nc2c1. The molecule has 3 rings (SSSR count). The molecule has 5 heteroatoms. The average molecular weight is 246 g/mol. The molecule has 0 unspecified atom stereocenters. The number of fused-ring (bicyclic) bond motifs is 1. The highest BCUT2D eigenvalue weighted by molar-refractivity contribution is 5.79. The van der Waals surface area contributed by atoms with E-state index in [1.54, 1.807) is 18.2 Å². The predicted octanol–water partition coefficient (Wildman–Crippen LogP) is 3.36. The quantitative estimate of drug-likeness (QED) is 0.670. The van der Waals surface area contributed by atoms with Crippen LogP contribution in [0.3, 0.4) is 0 Å². The molecule has 0 atom stereocenters. The molecule has 0 aliphatic rings. The molecular formula is C13H8F2N2O. The van der Waals surface area contributed by atoms with Gasteiger partial charge in [-0.15, -0.1) is 0 Å². The van der Waals surface area contributed by atoms with Crippen molar-refractivity contribution in [3.63, 3.8) is 0 Å². The topological polar surface area (TPSA) is 52.0 Å². The first-order valence-electron chi connectivity index (χ1n) is 5.25. The summed E-state index contributed by atoms with van der Waals surface area (Å²) in [6.07, 6.45) is 0. The number of hydrogen-bond donors (Lipinski definition) is 1. The second kappa shape index (κ2) is 3.80. The van der Waals surface area contributed by atoms with Crippen molar-refractivity contribution in [3.8, 4) is 11.5 Å². The van der Waals surface area contributed by atoms with Crippen LogP contribution >= 0.6 is 0 Å². The van der Waals surface area contributed by atoms with Gasteiger partial charge in [0.2, 0.25) is 5.89 Å². The molecule has 0 saturated carbocycles. The molecule has 90 valence electrons. The van der Waals surface area contributed by atoms with Gasteiger partial charge in [-0.3, -0.25) is 0 Å². The molecule has 0 aliphatic carbocycles. The highest BCUT2D eigenvalue weighted by Gasteiger charge is 2.13. The van der Waals surface area contributed by atoms with Gasteiger partial charge in [0.05, 0.1) is 5.56 Å². The monoisotopic (exact) mass is 246 g/mol. The third-order valence-corrected chi connectivity index (χ3v) is 2.57. The summed E-state index contributed by atoms with van der Waals surface area (Å²) < 4.78 is 32.0. The van der Waals surface area contributed by atoms with Crippen molar-refractivity contribution >= 4 is 16.8 Å². The molecule has 1 heterocycles. The first-order chi connectivity index (χ1) is 8.63. The van der Waals surface area contributed by atoms with Crippen molar-refractivity contribution in [2.24, 2.45) is 0 Å². The standard InChI is InChI=1S/C13H8F2N2O/c14-7-1-3-10(15)9(5-7)13-17-11-6-8(16)2-4-12(11)18-13/h1-6H,16H2. The predicted molar refractivity (Wildman–Crippen MR) is 63.8 cm³/mol. The van der Waals surface area contributed by atoms with Crippen molar-refractivity contribution < 1.29 is 13.2 Å². The van der Waals surface area contributed by atoms with E-state index in [9.17, 15) is 8.78 Å². The van der Waals surface area contributed by atoms with Crippen LogP contribution in [0.1, 0.15) is 0 Å². The molecule has 0 amide bonds. The zero-order valence-electron chi connectivity index (χ0n) is 9.15. The Bertz CT molecular complexity index is 737. The minimum absolute atomic E-state index is 0.00947. The van der Waals surface area contributed by atoms with E-state index in [0.717, 1.165) is 18.2 Å². The minimum atomic E-state index is -0.587. The number of nitrogen functional groups attached to an aromatic ring is 1. The largest absolute Gasteiger partial charge is 0.436 e. The normalized spacial score (nSPS) is 11.0. The number of nitrogens with zero attached hydrogens (tertiary/aromatic N) is 1. The van der Waals surface area contributed by atoms with Gasteiger partial charge in [0, 0.05) is 5.69 Å². The van der Waals surface area contributed by atoms with Gasteiger partial charge in [-0.1, -0.05) is 0 Å². The lowest BCUT2D eigenvalue weighted by molar-refractivity contribution is 0.580. The summed E-state index contributed by atoms with van der Waals surface area (Å²) in [5.41, 5.74) is 7.11. The number of halogens is 2. The molecule has 18 heavy (non-hydrogen) atoms. The molecule has 1 aromatic heterocycles. The van der Waals surface area contributed by atoms with Crippen LogP contribution in [-0.2, 0) is 0 Å². The summed E-state index contributed by atoms with van der Waals surface area (Å²) >= 11 is 0. The number of oxazole rings is 1. The van der Waals surface area contributed by atoms with Gasteiger partial charge in [0.1, 0.15) is 17.2 Å². The second-order valence-corrected chi connectivity index (χ2v) is 3.87. The van der Waals surface area contributed by atoms with Crippen LogP contribution in [0.5, 0.6) is 0 Å². The summed E-state index contributed by atoms with van der Waals surface area (Å²) in [7, 11) is 0. The van der Waals surface area contributed by atoms with Crippen molar-refractivity contribution in [2.45, 2.75) is 0 Å². The Morgan fingerprint density at radius 3 is 2.72 bits per heavy atom. The maximum atomic E-state index is 13.6. The first kappa shape index (κ1) is 10.7. The summed E-state index contributed by atoms with van der Waals surface area (Å²) in [5, 5.41) is 0. The highest BCUT2D eigenvalue weighted by Crippen LogP contribution is 2.27. The van der Waals surface area contributed by atoms with Gasteiger partial charge in [0.15, 0.2) is 5.58 Å². The number of anilines is 1. The lowest BCUT2D eigenvalue weighted by Crippen LogP contribution is -1.86. The molecule has 0 spiro atoms. The molecule has 3 aromatic rings. The van der Waals surface area contributed by atoms with E-state index >= 15 is 0 Å². The molecule has 0 fully saturated rings. The summed E-state index contributed by atoms with van der Waals surface area (Å²) in [5.74, 6) is -1.10. The van der Waals surface area contributed by atoms with Gasteiger partial charge >= 0.3 is 0 Å². The Morgan fingerprint density at radius 1 is 1.06 bits per heavy atom. The first-order valence-corrected chi connectivity index (χ1v) is 5.25. The fraction of sp³-hybridized carbons (Fsp3) is 0. The minimum Gasteiger partial charge on any atom is -0.436 e. The number of benzene rings is 2. The molecular weight excluding hydrogens is 238 g/mol. The van der Waals surface area contributed by atoms with Crippen LogP contribution in [0, 0.1) is 11.6 Å². The fourth-order valence-electron chi connectivity index (χ4n) is 1.72. The Balaban J connectivity index is 2.22. The molecule has 3 nitrogen and oxygen atoms in total. The van der Waals surface area contributed by atoms with E-state index in [1.807, 2.05) is 0 Å². The lowest BCUT2D eigenvalue weighted by atomic mass is 10.2. The van der Waals surface area contributed by atoms with E-state index in [0.29, 0.717) is 16.8 Å². The third-order valence-electron chi connectivity index (χ3n) is 2.57. The lowest BCUT2D eigenvalue weighted by Gasteiger charge is -1.97. The van der Waals surface area contributed by atoms with Crippen molar-refractivity contribution in [1.29, 1.82) is 0 Å². The zero-order chi connectivity index (χ0) is 12.7. The fourth-order valence-corrected chi connectivity index (χ4v) is 1.72. The number of nitrogens with two attached hydrogens (primary N) is 1. The van der Waals surface area contributed by atoms with Crippen LogP contribution in [-0.4, -0.2) is 4.98 Å². The van der Waals surface area contributed by atoms with Crippen LogP contribution < -0.4 is 5.73 Å². The van der Waals surface area contributed by atoms with Crippen LogP contribution in [0.4, 0.5) is 14.5 Å². The molecule has 2 aromatic carbocycles. The van der Waals surface area contributed by atoms with E-state index in [-0.39, 0.29) is 11.5 Å². The molecule has 0 aliphatic heterocycles. The third kappa shape index (κ3) is 1.69. The Morgan fingerprint density at radius 2 is 1.89 bits per heavy atom. The smallest absolute Gasteiger partial charge is 0.230 e. The van der Waals surface area contributed by atoms with Gasteiger partial charge < -0.3 is 10.2 Å². The number of aromatic nitrogens is 1. The maximum Gasteiger partial charge on any atom is 0.230 e. The molecule has 2 N–H and O–H groups in total. The second-order valence-electron chi connectivity index (χ2n) is 3.87. The highest BCUT2D eigenvalue weighted by atomic mass is 19.1. The molecule has 0 bridgehead atoms.